The zero-order valence-corrected chi connectivity index (χ0v) is 17.6. The van der Waals surface area contributed by atoms with Gasteiger partial charge in [0.15, 0.2) is 11.5 Å². The summed E-state index contributed by atoms with van der Waals surface area (Å²) in [5.41, 5.74) is 7.56. The number of benzene rings is 1. The van der Waals surface area contributed by atoms with E-state index in [0.717, 1.165) is 37.2 Å². The minimum atomic E-state index is -0.149. The van der Waals surface area contributed by atoms with Crippen LogP contribution in [-0.2, 0) is 20.7 Å². The quantitative estimate of drug-likeness (QED) is 0.433. The standard InChI is InChI=1S/C22H35NO5/c1-15(2)17(14-18(23)19-8-9-22(24)28-19)12-16-6-7-20(26-4)21(13-16)27-11-5-10-25-3/h6-7,13,15,17-19H,5,8-12,14,23H2,1-4H3/t17-,18-,19?/m0/s1. The van der Waals surface area contributed by atoms with Crippen LogP contribution in [0, 0.1) is 11.8 Å². The smallest absolute Gasteiger partial charge is 0.306 e. The van der Waals surface area contributed by atoms with E-state index in [9.17, 15) is 4.79 Å². The first-order valence-corrected chi connectivity index (χ1v) is 10.2. The van der Waals surface area contributed by atoms with Crippen molar-refractivity contribution in [3.8, 4) is 11.5 Å². The Morgan fingerprint density at radius 1 is 1.21 bits per heavy atom. The van der Waals surface area contributed by atoms with Crippen LogP contribution >= 0.6 is 0 Å². The Morgan fingerprint density at radius 3 is 2.61 bits per heavy atom. The maximum Gasteiger partial charge on any atom is 0.306 e. The third-order valence-corrected chi connectivity index (χ3v) is 5.39. The monoisotopic (exact) mass is 393 g/mol. The van der Waals surface area contributed by atoms with Gasteiger partial charge < -0.3 is 24.7 Å². The third kappa shape index (κ3) is 6.67. The van der Waals surface area contributed by atoms with Crippen molar-refractivity contribution >= 4 is 5.97 Å². The molecule has 2 N–H and O–H groups in total. The van der Waals surface area contributed by atoms with Crippen molar-refractivity contribution in [3.05, 3.63) is 23.8 Å². The first-order valence-electron chi connectivity index (χ1n) is 10.2. The third-order valence-electron chi connectivity index (χ3n) is 5.39. The molecule has 0 spiro atoms. The van der Waals surface area contributed by atoms with Crippen molar-refractivity contribution in [1.29, 1.82) is 0 Å². The zero-order chi connectivity index (χ0) is 20.5. The molecule has 1 aliphatic heterocycles. The summed E-state index contributed by atoms with van der Waals surface area (Å²) in [6.07, 6.45) is 3.60. The molecule has 1 unspecified atom stereocenters. The van der Waals surface area contributed by atoms with E-state index in [-0.39, 0.29) is 18.1 Å². The van der Waals surface area contributed by atoms with Gasteiger partial charge in [-0.05, 0) is 48.8 Å². The molecular formula is C22H35NO5. The topological polar surface area (TPSA) is 80.0 Å². The molecule has 0 bridgehead atoms. The molecule has 1 fully saturated rings. The first-order chi connectivity index (χ1) is 13.4. The van der Waals surface area contributed by atoms with Crippen LogP contribution in [0.3, 0.4) is 0 Å². The number of cyclic esters (lactones) is 1. The molecule has 1 aliphatic rings. The van der Waals surface area contributed by atoms with Gasteiger partial charge in [0.2, 0.25) is 0 Å². The van der Waals surface area contributed by atoms with E-state index in [1.165, 1.54) is 5.56 Å². The van der Waals surface area contributed by atoms with E-state index in [2.05, 4.69) is 26.0 Å². The van der Waals surface area contributed by atoms with Crippen molar-refractivity contribution in [2.45, 2.75) is 58.1 Å². The van der Waals surface area contributed by atoms with Crippen LogP contribution in [0.4, 0.5) is 0 Å². The Balaban J connectivity index is 2.01. The predicted molar refractivity (Wildman–Crippen MR) is 109 cm³/mol. The summed E-state index contributed by atoms with van der Waals surface area (Å²) in [7, 11) is 3.33. The molecule has 1 heterocycles. The Hall–Kier alpha value is -1.79. The highest BCUT2D eigenvalue weighted by atomic mass is 16.6. The molecule has 3 atom stereocenters. The molecule has 0 radical (unpaired) electrons. The van der Waals surface area contributed by atoms with Gasteiger partial charge in [0.1, 0.15) is 6.10 Å². The number of nitrogens with two attached hydrogens (primary N) is 1. The number of hydrogen-bond donors (Lipinski definition) is 1. The summed E-state index contributed by atoms with van der Waals surface area (Å²) in [4.78, 5) is 11.4. The molecule has 158 valence electrons. The number of carbonyl (C=O) groups is 1. The van der Waals surface area contributed by atoms with Crippen molar-refractivity contribution < 1.29 is 23.7 Å². The Kier molecular flexibility index (Phi) is 9.06. The summed E-state index contributed by atoms with van der Waals surface area (Å²) in [5, 5.41) is 0. The fourth-order valence-electron chi connectivity index (χ4n) is 3.59. The van der Waals surface area contributed by atoms with Gasteiger partial charge in [-0.15, -0.1) is 0 Å². The summed E-state index contributed by atoms with van der Waals surface area (Å²) in [6.45, 7) is 5.67. The van der Waals surface area contributed by atoms with Crippen LogP contribution < -0.4 is 15.2 Å². The van der Waals surface area contributed by atoms with Crippen LogP contribution in [0.1, 0.15) is 45.1 Å². The Bertz CT molecular complexity index is 619. The summed E-state index contributed by atoms with van der Waals surface area (Å²) in [5.74, 6) is 2.22. The van der Waals surface area contributed by atoms with Gasteiger partial charge in [-0.2, -0.15) is 0 Å². The molecule has 1 aromatic rings. The Morgan fingerprint density at radius 2 is 2.00 bits per heavy atom. The van der Waals surface area contributed by atoms with Crippen molar-refractivity contribution in [1.82, 2.24) is 0 Å². The number of hydrogen-bond acceptors (Lipinski definition) is 6. The average molecular weight is 394 g/mol. The van der Waals surface area contributed by atoms with Gasteiger partial charge in [-0.3, -0.25) is 4.79 Å². The highest BCUT2D eigenvalue weighted by molar-refractivity contribution is 5.71. The molecule has 1 saturated heterocycles. The summed E-state index contributed by atoms with van der Waals surface area (Å²) in [6, 6.07) is 5.97. The second-order valence-electron chi connectivity index (χ2n) is 7.85. The van der Waals surface area contributed by atoms with E-state index < -0.39 is 0 Å². The molecule has 2 rings (SSSR count). The van der Waals surface area contributed by atoms with Gasteiger partial charge in [-0.1, -0.05) is 19.9 Å². The number of methoxy groups -OCH3 is 2. The normalized spacial score (nSPS) is 18.8. The lowest BCUT2D eigenvalue weighted by molar-refractivity contribution is -0.142. The number of esters is 1. The van der Waals surface area contributed by atoms with Gasteiger partial charge in [-0.25, -0.2) is 0 Å². The van der Waals surface area contributed by atoms with Crippen molar-refractivity contribution in [2.24, 2.45) is 17.6 Å². The summed E-state index contributed by atoms with van der Waals surface area (Å²) < 4.78 is 21.8. The maximum absolute atomic E-state index is 11.4. The lowest BCUT2D eigenvalue weighted by Crippen LogP contribution is -2.37. The van der Waals surface area contributed by atoms with Gasteiger partial charge in [0, 0.05) is 32.6 Å². The lowest BCUT2D eigenvalue weighted by atomic mass is 9.83. The molecule has 6 nitrogen and oxygen atoms in total. The fraction of sp³-hybridized carbons (Fsp3) is 0.682. The maximum atomic E-state index is 11.4. The number of carbonyl (C=O) groups excluding carboxylic acids is 1. The van der Waals surface area contributed by atoms with E-state index in [1.54, 1.807) is 14.2 Å². The molecular weight excluding hydrogens is 358 g/mol. The first kappa shape index (κ1) is 22.5. The minimum Gasteiger partial charge on any atom is -0.493 e. The molecule has 0 saturated carbocycles. The second-order valence-corrected chi connectivity index (χ2v) is 7.85. The number of rotatable bonds is 12. The molecule has 0 amide bonds. The molecule has 28 heavy (non-hydrogen) atoms. The van der Waals surface area contributed by atoms with Gasteiger partial charge >= 0.3 is 5.97 Å². The predicted octanol–water partition coefficient (Wildman–Crippen LogP) is 3.35. The van der Waals surface area contributed by atoms with E-state index in [1.807, 2.05) is 6.07 Å². The van der Waals surface area contributed by atoms with Crippen LogP contribution in [0.5, 0.6) is 11.5 Å². The van der Waals surface area contributed by atoms with Gasteiger partial charge in [0.25, 0.3) is 0 Å². The van der Waals surface area contributed by atoms with E-state index >= 15 is 0 Å². The van der Waals surface area contributed by atoms with Crippen molar-refractivity contribution in [2.75, 3.05) is 27.4 Å². The highest BCUT2D eigenvalue weighted by Crippen LogP contribution is 2.32. The lowest BCUT2D eigenvalue weighted by Gasteiger charge is -2.27. The largest absolute Gasteiger partial charge is 0.493 e. The second kappa shape index (κ2) is 11.3. The zero-order valence-electron chi connectivity index (χ0n) is 17.6. The fourth-order valence-corrected chi connectivity index (χ4v) is 3.59. The van der Waals surface area contributed by atoms with E-state index in [4.69, 9.17) is 24.7 Å². The molecule has 0 aliphatic carbocycles. The van der Waals surface area contributed by atoms with Crippen LogP contribution in [0.15, 0.2) is 18.2 Å². The minimum absolute atomic E-state index is 0.123. The molecule has 0 aromatic heterocycles. The van der Waals surface area contributed by atoms with Crippen LogP contribution in [-0.4, -0.2) is 45.5 Å². The van der Waals surface area contributed by atoms with E-state index in [0.29, 0.717) is 31.5 Å². The highest BCUT2D eigenvalue weighted by Gasteiger charge is 2.31. The van der Waals surface area contributed by atoms with Crippen LogP contribution in [0.25, 0.3) is 0 Å². The van der Waals surface area contributed by atoms with Crippen molar-refractivity contribution in [3.63, 3.8) is 0 Å². The Labute approximate surface area is 168 Å². The molecule has 6 heteroatoms. The molecule has 1 aromatic carbocycles. The van der Waals surface area contributed by atoms with Gasteiger partial charge in [0.05, 0.1) is 13.7 Å². The summed E-state index contributed by atoms with van der Waals surface area (Å²) >= 11 is 0. The number of ether oxygens (including phenoxy) is 4. The van der Waals surface area contributed by atoms with Crippen LogP contribution in [0.2, 0.25) is 0 Å². The SMILES string of the molecule is COCCCOc1cc(C[C@@H](C[C@H](N)C2CCC(=O)O2)C(C)C)ccc1OC. The average Bonchev–Trinajstić information content (AvgIpc) is 3.11.